The molecule has 0 saturated carbocycles. The molecule has 1 aliphatic rings. The Hall–Kier alpha value is -2.45. The fourth-order valence-electron chi connectivity index (χ4n) is 2.22. The van der Waals surface area contributed by atoms with E-state index in [0.29, 0.717) is 25.5 Å². The first-order valence-electron chi connectivity index (χ1n) is 6.93. The van der Waals surface area contributed by atoms with E-state index in [1.165, 1.54) is 5.56 Å². The Morgan fingerprint density at radius 3 is 2.76 bits per heavy atom. The van der Waals surface area contributed by atoms with Crippen molar-refractivity contribution in [3.8, 4) is 17.6 Å². The van der Waals surface area contributed by atoms with Gasteiger partial charge in [-0.15, -0.1) is 0 Å². The second kappa shape index (κ2) is 6.33. The number of hydrogen-bond donors (Lipinski definition) is 1. The summed E-state index contributed by atoms with van der Waals surface area (Å²) in [6.07, 6.45) is 0.891. The predicted octanol–water partition coefficient (Wildman–Crippen LogP) is 2.25. The van der Waals surface area contributed by atoms with E-state index < -0.39 is 0 Å². The topological polar surface area (TPSA) is 67.4 Å². The first-order chi connectivity index (χ1) is 10.3. The van der Waals surface area contributed by atoms with Gasteiger partial charge in [0.15, 0.2) is 11.5 Å². The van der Waals surface area contributed by atoms with E-state index in [2.05, 4.69) is 11.4 Å². The summed E-state index contributed by atoms with van der Waals surface area (Å²) in [4.78, 5) is 0. The Morgan fingerprint density at radius 1 is 1.10 bits per heavy atom. The molecule has 1 aliphatic heterocycles. The van der Waals surface area contributed by atoms with Crippen LogP contribution in [0.3, 0.4) is 0 Å². The lowest BCUT2D eigenvalue weighted by Gasteiger charge is -2.18. The monoisotopic (exact) mass is 284 g/mol. The number of ether oxygens (including phenoxy) is 2. The molecule has 2 heterocycles. The third kappa shape index (κ3) is 3.36. The molecule has 0 spiro atoms. The first kappa shape index (κ1) is 13.5. The van der Waals surface area contributed by atoms with E-state index in [4.69, 9.17) is 19.2 Å². The zero-order chi connectivity index (χ0) is 14.5. The molecule has 0 fully saturated rings. The van der Waals surface area contributed by atoms with Gasteiger partial charge in [-0.05, 0) is 42.8 Å². The zero-order valence-corrected chi connectivity index (χ0v) is 11.6. The van der Waals surface area contributed by atoms with Gasteiger partial charge < -0.3 is 19.2 Å². The van der Waals surface area contributed by atoms with Crippen LogP contribution >= 0.6 is 0 Å². The minimum Gasteiger partial charge on any atom is -0.486 e. The fraction of sp³-hybridized carbons (Fsp3) is 0.312. The minimum absolute atomic E-state index is 0.346. The van der Waals surface area contributed by atoms with Crippen molar-refractivity contribution < 1.29 is 13.9 Å². The van der Waals surface area contributed by atoms with E-state index >= 15 is 0 Å². The highest BCUT2D eigenvalue weighted by atomic mass is 16.6. The van der Waals surface area contributed by atoms with Crippen molar-refractivity contribution in [2.45, 2.75) is 13.0 Å². The van der Waals surface area contributed by atoms with Gasteiger partial charge >= 0.3 is 0 Å². The van der Waals surface area contributed by atoms with Gasteiger partial charge in [-0.2, -0.15) is 5.26 Å². The molecule has 1 aromatic heterocycles. The van der Waals surface area contributed by atoms with Crippen molar-refractivity contribution in [2.75, 3.05) is 19.8 Å². The third-order valence-corrected chi connectivity index (χ3v) is 3.27. The van der Waals surface area contributed by atoms with Gasteiger partial charge in [0.05, 0.1) is 6.54 Å². The summed E-state index contributed by atoms with van der Waals surface area (Å²) < 4.78 is 16.4. The third-order valence-electron chi connectivity index (χ3n) is 3.27. The van der Waals surface area contributed by atoms with Gasteiger partial charge in [-0.1, -0.05) is 6.07 Å². The summed E-state index contributed by atoms with van der Waals surface area (Å²) in [5.74, 6) is 2.76. The Bertz CT molecular complexity index is 658. The minimum atomic E-state index is 0.346. The highest BCUT2D eigenvalue weighted by molar-refractivity contribution is 5.43. The molecule has 0 saturated heterocycles. The summed E-state index contributed by atoms with van der Waals surface area (Å²) in [5, 5.41) is 12.0. The molecule has 0 amide bonds. The average Bonchev–Trinajstić information content (AvgIpc) is 2.99. The molecule has 3 rings (SSSR count). The summed E-state index contributed by atoms with van der Waals surface area (Å²) in [6.45, 7) is 2.66. The molecule has 1 N–H and O–H groups in total. The van der Waals surface area contributed by atoms with Crippen molar-refractivity contribution in [3.63, 3.8) is 0 Å². The Kier molecular flexibility index (Phi) is 4.08. The molecular formula is C16H16N2O3. The van der Waals surface area contributed by atoms with Crippen molar-refractivity contribution >= 4 is 0 Å². The van der Waals surface area contributed by atoms with Crippen LogP contribution in [0.5, 0.6) is 11.5 Å². The molecule has 108 valence electrons. The maximum absolute atomic E-state index is 8.68. The molecule has 0 bridgehead atoms. The van der Waals surface area contributed by atoms with E-state index in [1.807, 2.05) is 24.3 Å². The molecule has 5 heteroatoms. The number of hydrogen-bond acceptors (Lipinski definition) is 5. The SMILES string of the molecule is N#Cc1ccc(CNCCc2ccc3c(c2)OCCO3)o1. The summed E-state index contributed by atoms with van der Waals surface area (Å²) in [5.41, 5.74) is 1.20. The van der Waals surface area contributed by atoms with Crippen LogP contribution in [0.2, 0.25) is 0 Å². The normalized spacial score (nSPS) is 12.9. The molecule has 0 atom stereocenters. The highest BCUT2D eigenvalue weighted by Gasteiger charge is 2.11. The van der Waals surface area contributed by atoms with Gasteiger partial charge in [-0.25, -0.2) is 0 Å². The summed E-state index contributed by atoms with van der Waals surface area (Å²) in [6, 6.07) is 11.5. The van der Waals surface area contributed by atoms with Gasteiger partial charge in [-0.3, -0.25) is 0 Å². The van der Waals surface area contributed by atoms with Crippen LogP contribution in [-0.2, 0) is 13.0 Å². The zero-order valence-electron chi connectivity index (χ0n) is 11.6. The van der Waals surface area contributed by atoms with E-state index in [9.17, 15) is 0 Å². The Balaban J connectivity index is 1.48. The highest BCUT2D eigenvalue weighted by Crippen LogP contribution is 2.30. The number of rotatable bonds is 5. The van der Waals surface area contributed by atoms with Crippen molar-refractivity contribution in [3.05, 3.63) is 47.4 Å². The number of furan rings is 1. The second-order valence-corrected chi connectivity index (χ2v) is 4.78. The summed E-state index contributed by atoms with van der Waals surface area (Å²) in [7, 11) is 0. The molecular weight excluding hydrogens is 268 g/mol. The number of nitriles is 1. The van der Waals surface area contributed by atoms with Crippen molar-refractivity contribution in [2.24, 2.45) is 0 Å². The molecule has 2 aromatic rings. The maximum Gasteiger partial charge on any atom is 0.203 e. The summed E-state index contributed by atoms with van der Waals surface area (Å²) >= 11 is 0. The molecule has 21 heavy (non-hydrogen) atoms. The van der Waals surface area contributed by atoms with Crippen LogP contribution < -0.4 is 14.8 Å². The maximum atomic E-state index is 8.68. The van der Waals surface area contributed by atoms with Crippen LogP contribution in [0.25, 0.3) is 0 Å². The van der Waals surface area contributed by atoms with E-state index in [0.717, 1.165) is 30.2 Å². The lowest BCUT2D eigenvalue weighted by Crippen LogP contribution is -2.17. The molecule has 5 nitrogen and oxygen atoms in total. The lowest BCUT2D eigenvalue weighted by molar-refractivity contribution is 0.171. The molecule has 0 radical (unpaired) electrons. The van der Waals surface area contributed by atoms with Crippen LogP contribution in [0, 0.1) is 11.3 Å². The van der Waals surface area contributed by atoms with Gasteiger partial charge in [0.1, 0.15) is 25.0 Å². The smallest absolute Gasteiger partial charge is 0.203 e. The molecule has 0 unspecified atom stereocenters. The standard InChI is InChI=1S/C16H16N2O3/c17-10-13-2-3-14(21-13)11-18-6-5-12-1-4-15-16(9-12)20-8-7-19-15/h1-4,9,18H,5-8,11H2. The molecule has 0 aliphatic carbocycles. The average molecular weight is 284 g/mol. The second-order valence-electron chi connectivity index (χ2n) is 4.78. The Labute approximate surface area is 123 Å². The largest absolute Gasteiger partial charge is 0.486 e. The van der Waals surface area contributed by atoms with Crippen LogP contribution in [0.15, 0.2) is 34.7 Å². The number of benzene rings is 1. The number of fused-ring (bicyclic) bond motifs is 1. The van der Waals surface area contributed by atoms with E-state index in [-0.39, 0.29) is 0 Å². The molecule has 1 aromatic carbocycles. The van der Waals surface area contributed by atoms with Gasteiger partial charge in [0.2, 0.25) is 5.76 Å². The fourth-order valence-corrected chi connectivity index (χ4v) is 2.22. The first-order valence-corrected chi connectivity index (χ1v) is 6.93. The number of nitrogens with zero attached hydrogens (tertiary/aromatic N) is 1. The van der Waals surface area contributed by atoms with Crippen molar-refractivity contribution in [1.29, 1.82) is 5.26 Å². The predicted molar refractivity (Wildman–Crippen MR) is 76.3 cm³/mol. The van der Waals surface area contributed by atoms with Gasteiger partial charge in [0, 0.05) is 0 Å². The van der Waals surface area contributed by atoms with Gasteiger partial charge in [0.25, 0.3) is 0 Å². The Morgan fingerprint density at radius 2 is 1.95 bits per heavy atom. The van der Waals surface area contributed by atoms with Crippen LogP contribution in [-0.4, -0.2) is 19.8 Å². The number of nitrogens with one attached hydrogen (secondary N) is 1. The van der Waals surface area contributed by atoms with Crippen LogP contribution in [0.4, 0.5) is 0 Å². The quantitative estimate of drug-likeness (QED) is 0.853. The van der Waals surface area contributed by atoms with E-state index in [1.54, 1.807) is 6.07 Å². The lowest BCUT2D eigenvalue weighted by atomic mass is 10.1. The van der Waals surface area contributed by atoms with Crippen LogP contribution in [0.1, 0.15) is 17.1 Å². The van der Waals surface area contributed by atoms with Crippen molar-refractivity contribution in [1.82, 2.24) is 5.32 Å².